The van der Waals surface area contributed by atoms with Gasteiger partial charge >= 0.3 is 0 Å². The number of rotatable bonds is 5. The molecule has 2 atom stereocenters. The zero-order chi connectivity index (χ0) is 15.4. The number of amides is 2. The van der Waals surface area contributed by atoms with Gasteiger partial charge in [0, 0.05) is 13.0 Å². The van der Waals surface area contributed by atoms with Crippen LogP contribution in [0.15, 0.2) is 18.2 Å². The van der Waals surface area contributed by atoms with E-state index in [2.05, 4.69) is 5.32 Å². The van der Waals surface area contributed by atoms with Gasteiger partial charge in [-0.15, -0.1) is 0 Å². The summed E-state index contributed by atoms with van der Waals surface area (Å²) in [5.41, 5.74) is 8.67. The minimum absolute atomic E-state index is 0.248. The first-order valence-electron chi connectivity index (χ1n) is 7.25. The van der Waals surface area contributed by atoms with Crippen LogP contribution in [0.25, 0.3) is 0 Å². The van der Waals surface area contributed by atoms with Crippen molar-refractivity contribution in [2.45, 2.75) is 45.3 Å². The quantitative estimate of drug-likeness (QED) is 0.848. The molecule has 5 heteroatoms. The van der Waals surface area contributed by atoms with E-state index < -0.39 is 18.1 Å². The highest BCUT2D eigenvalue weighted by atomic mass is 16.5. The normalized spacial score (nSPS) is 19.2. The Balaban J connectivity index is 2.09. The second kappa shape index (κ2) is 6.72. The molecule has 21 heavy (non-hydrogen) atoms. The molecule has 3 N–H and O–H groups in total. The Kier molecular flexibility index (Phi) is 4.96. The first-order valence-corrected chi connectivity index (χ1v) is 7.25. The Hall–Kier alpha value is -1.88. The van der Waals surface area contributed by atoms with E-state index in [4.69, 9.17) is 10.5 Å². The van der Waals surface area contributed by atoms with E-state index in [-0.39, 0.29) is 5.91 Å². The van der Waals surface area contributed by atoms with Crippen LogP contribution in [0.1, 0.15) is 29.5 Å². The maximum atomic E-state index is 12.1. The maximum Gasteiger partial charge on any atom is 0.249 e. The molecule has 0 bridgehead atoms. The molecule has 2 rings (SSSR count). The molecule has 5 nitrogen and oxygen atoms in total. The van der Waals surface area contributed by atoms with Crippen molar-refractivity contribution >= 4 is 11.8 Å². The number of benzene rings is 1. The summed E-state index contributed by atoms with van der Waals surface area (Å²) in [5, 5.41) is 2.72. The standard InChI is InChI=1S/C16H22N2O3/c1-10-5-3-6-11(2)12(10)9-13(15(17)19)18-16(20)14-7-4-8-21-14/h3,5-6,13-14H,4,7-9H2,1-2H3,(H2,17,19)(H,18,20)/t13-,14-/m0/s1. The average molecular weight is 290 g/mol. The Bertz CT molecular complexity index is 516. The first-order chi connectivity index (χ1) is 9.99. The van der Waals surface area contributed by atoms with E-state index in [1.54, 1.807) is 0 Å². The van der Waals surface area contributed by atoms with Gasteiger partial charge in [0.2, 0.25) is 11.8 Å². The van der Waals surface area contributed by atoms with Crippen molar-refractivity contribution in [3.8, 4) is 0 Å². The van der Waals surface area contributed by atoms with E-state index in [1.165, 1.54) is 0 Å². The highest BCUT2D eigenvalue weighted by Crippen LogP contribution is 2.16. The second-order valence-corrected chi connectivity index (χ2v) is 5.54. The van der Waals surface area contributed by atoms with E-state index in [1.807, 2.05) is 32.0 Å². The minimum Gasteiger partial charge on any atom is -0.368 e. The van der Waals surface area contributed by atoms with Gasteiger partial charge in [0.15, 0.2) is 0 Å². The maximum absolute atomic E-state index is 12.1. The first kappa shape index (κ1) is 15.5. The number of hydrogen-bond acceptors (Lipinski definition) is 3. The van der Waals surface area contributed by atoms with Crippen molar-refractivity contribution in [1.29, 1.82) is 0 Å². The summed E-state index contributed by atoms with van der Waals surface area (Å²) in [4.78, 5) is 23.7. The third-order valence-electron chi connectivity index (χ3n) is 3.93. The molecule has 2 amide bonds. The van der Waals surface area contributed by atoms with Gasteiger partial charge in [0.1, 0.15) is 12.1 Å². The van der Waals surface area contributed by atoms with E-state index >= 15 is 0 Å². The van der Waals surface area contributed by atoms with E-state index in [0.717, 1.165) is 23.1 Å². The number of nitrogens with two attached hydrogens (primary N) is 1. The van der Waals surface area contributed by atoms with Crippen LogP contribution in [0.4, 0.5) is 0 Å². The van der Waals surface area contributed by atoms with Crippen LogP contribution in [-0.4, -0.2) is 30.6 Å². The molecule has 0 unspecified atom stereocenters. The molecule has 0 radical (unpaired) electrons. The Morgan fingerprint density at radius 2 is 2.05 bits per heavy atom. The van der Waals surface area contributed by atoms with Gasteiger partial charge < -0.3 is 15.8 Å². The third kappa shape index (κ3) is 3.82. The molecule has 1 aromatic rings. The Morgan fingerprint density at radius 3 is 2.57 bits per heavy atom. The van der Waals surface area contributed by atoms with Crippen LogP contribution in [0, 0.1) is 13.8 Å². The van der Waals surface area contributed by atoms with Crippen LogP contribution in [-0.2, 0) is 20.7 Å². The molecule has 0 aromatic heterocycles. The SMILES string of the molecule is Cc1cccc(C)c1C[C@H](NC(=O)[C@@H]1CCCO1)C(N)=O. The van der Waals surface area contributed by atoms with Gasteiger partial charge in [-0.05, 0) is 43.4 Å². The summed E-state index contributed by atoms with van der Waals surface area (Å²) in [6, 6.07) is 5.24. The lowest BCUT2D eigenvalue weighted by atomic mass is 9.96. The summed E-state index contributed by atoms with van der Waals surface area (Å²) < 4.78 is 5.33. The number of carbonyl (C=O) groups excluding carboxylic acids is 2. The molecular formula is C16H22N2O3. The van der Waals surface area contributed by atoms with E-state index in [9.17, 15) is 9.59 Å². The van der Waals surface area contributed by atoms with Gasteiger partial charge in [0.05, 0.1) is 0 Å². The second-order valence-electron chi connectivity index (χ2n) is 5.54. The summed E-state index contributed by atoms with van der Waals surface area (Å²) >= 11 is 0. The fourth-order valence-corrected chi connectivity index (χ4v) is 2.65. The predicted molar refractivity (Wildman–Crippen MR) is 79.7 cm³/mol. The topological polar surface area (TPSA) is 81.4 Å². The van der Waals surface area contributed by atoms with Gasteiger partial charge in [-0.2, -0.15) is 0 Å². The zero-order valence-corrected chi connectivity index (χ0v) is 12.5. The molecule has 1 fully saturated rings. The lowest BCUT2D eigenvalue weighted by Crippen LogP contribution is -2.49. The third-order valence-corrected chi connectivity index (χ3v) is 3.93. The molecule has 1 saturated heterocycles. The average Bonchev–Trinajstić information content (AvgIpc) is 2.95. The molecule has 1 aromatic carbocycles. The molecule has 1 aliphatic rings. The molecule has 1 heterocycles. The number of primary amides is 1. The van der Waals surface area contributed by atoms with E-state index in [0.29, 0.717) is 19.4 Å². The van der Waals surface area contributed by atoms with Crippen LogP contribution in [0.2, 0.25) is 0 Å². The van der Waals surface area contributed by atoms with Crippen molar-refractivity contribution in [3.05, 3.63) is 34.9 Å². The van der Waals surface area contributed by atoms with Crippen molar-refractivity contribution in [1.82, 2.24) is 5.32 Å². The number of aryl methyl sites for hydroxylation is 2. The van der Waals surface area contributed by atoms with Gasteiger partial charge in [-0.1, -0.05) is 18.2 Å². The van der Waals surface area contributed by atoms with Crippen LogP contribution >= 0.6 is 0 Å². The summed E-state index contributed by atoms with van der Waals surface area (Å²) in [6.07, 6.45) is 1.52. The highest BCUT2D eigenvalue weighted by Gasteiger charge is 2.28. The molecule has 1 aliphatic heterocycles. The fraction of sp³-hybridized carbons (Fsp3) is 0.500. The number of nitrogens with one attached hydrogen (secondary N) is 1. The molecular weight excluding hydrogens is 268 g/mol. The Labute approximate surface area is 124 Å². The lowest BCUT2D eigenvalue weighted by molar-refractivity contribution is -0.133. The van der Waals surface area contributed by atoms with Crippen molar-refractivity contribution in [2.75, 3.05) is 6.61 Å². The van der Waals surface area contributed by atoms with Crippen LogP contribution in [0.3, 0.4) is 0 Å². The zero-order valence-electron chi connectivity index (χ0n) is 12.5. The summed E-state index contributed by atoms with van der Waals surface area (Å²) in [6.45, 7) is 4.57. The van der Waals surface area contributed by atoms with Gasteiger partial charge in [0.25, 0.3) is 0 Å². The van der Waals surface area contributed by atoms with Gasteiger partial charge in [-0.25, -0.2) is 0 Å². The number of ether oxygens (including phenoxy) is 1. The largest absolute Gasteiger partial charge is 0.368 e. The van der Waals surface area contributed by atoms with Crippen molar-refractivity contribution in [3.63, 3.8) is 0 Å². The minimum atomic E-state index is -0.707. The number of hydrogen-bond donors (Lipinski definition) is 2. The fourth-order valence-electron chi connectivity index (χ4n) is 2.65. The monoisotopic (exact) mass is 290 g/mol. The highest BCUT2D eigenvalue weighted by molar-refractivity contribution is 5.88. The molecule has 0 aliphatic carbocycles. The van der Waals surface area contributed by atoms with Crippen LogP contribution < -0.4 is 11.1 Å². The van der Waals surface area contributed by atoms with Gasteiger partial charge in [-0.3, -0.25) is 9.59 Å². The lowest BCUT2D eigenvalue weighted by Gasteiger charge is -2.20. The van der Waals surface area contributed by atoms with Crippen LogP contribution in [0.5, 0.6) is 0 Å². The molecule has 114 valence electrons. The molecule has 0 saturated carbocycles. The predicted octanol–water partition coefficient (Wildman–Crippen LogP) is 0.995. The summed E-state index contributed by atoms with van der Waals surface area (Å²) in [7, 11) is 0. The Morgan fingerprint density at radius 1 is 1.38 bits per heavy atom. The molecule has 0 spiro atoms. The smallest absolute Gasteiger partial charge is 0.249 e. The van der Waals surface area contributed by atoms with Crippen molar-refractivity contribution in [2.24, 2.45) is 5.73 Å². The summed E-state index contributed by atoms with van der Waals surface area (Å²) in [5.74, 6) is -0.772. The number of carbonyl (C=O) groups is 2. The van der Waals surface area contributed by atoms with Crippen molar-refractivity contribution < 1.29 is 14.3 Å².